The van der Waals surface area contributed by atoms with Crippen LogP contribution >= 0.6 is 0 Å². The monoisotopic (exact) mass is 564 g/mol. The summed E-state index contributed by atoms with van der Waals surface area (Å²) in [5.41, 5.74) is 6.03. The molecule has 4 heterocycles. The largest absolute Gasteiger partial charge is 0.497 e. The van der Waals surface area contributed by atoms with Gasteiger partial charge in [0, 0.05) is 41.5 Å². The van der Waals surface area contributed by atoms with Crippen LogP contribution in [0.15, 0.2) is 91.6 Å². The van der Waals surface area contributed by atoms with E-state index < -0.39 is 13.2 Å². The normalized spacial score (nSPS) is 24.0. The average molecular weight is 565 g/mol. The van der Waals surface area contributed by atoms with Crippen molar-refractivity contribution in [2.75, 3.05) is 20.2 Å². The summed E-state index contributed by atoms with van der Waals surface area (Å²) >= 11 is 0. The van der Waals surface area contributed by atoms with Gasteiger partial charge in [-0.2, -0.15) is 4.57 Å². The van der Waals surface area contributed by atoms with Crippen molar-refractivity contribution in [1.29, 1.82) is 0 Å². The molecule has 3 aromatic carbocycles. The molecule has 0 amide bonds. The molecule has 0 radical (unpaired) electrons. The maximum absolute atomic E-state index is 12.3. The van der Waals surface area contributed by atoms with E-state index in [2.05, 4.69) is 66.7 Å². The molecule has 2 bridgehead atoms. The van der Waals surface area contributed by atoms with Crippen molar-refractivity contribution in [2.24, 2.45) is 11.8 Å². The first-order valence-corrected chi connectivity index (χ1v) is 15.0. The third kappa shape index (κ3) is 5.38. The highest BCUT2D eigenvalue weighted by Gasteiger charge is 2.54. The first-order valence-electron chi connectivity index (χ1n) is 15.0. The number of aliphatic hydroxyl groups excluding tert-OH is 1. The Morgan fingerprint density at radius 1 is 1.05 bits per heavy atom. The number of fused-ring (bicyclic) bond motifs is 4. The van der Waals surface area contributed by atoms with Gasteiger partial charge in [-0.15, -0.1) is 6.58 Å². The number of nitrogens with zero attached hydrogens (tertiary/aromatic N) is 2. The van der Waals surface area contributed by atoms with Crippen molar-refractivity contribution in [1.82, 2.24) is 0 Å². The van der Waals surface area contributed by atoms with E-state index in [9.17, 15) is 15.2 Å². The average Bonchev–Trinajstić information content (AvgIpc) is 3.02. The van der Waals surface area contributed by atoms with Gasteiger partial charge in [0.2, 0.25) is 5.52 Å². The van der Waals surface area contributed by atoms with Gasteiger partial charge in [0.25, 0.3) is 0 Å². The van der Waals surface area contributed by atoms with E-state index in [0.29, 0.717) is 23.8 Å². The Bertz CT molecular complexity index is 1570. The third-order valence-corrected chi connectivity index (χ3v) is 9.87. The minimum atomic E-state index is -1.48. The predicted molar refractivity (Wildman–Crippen MR) is 166 cm³/mol. The SMILES string of the molecule is C=CC1C[N+]2(Cc3ccc(C)cc3)CCC1CC2C(O)c1cc[n+](Cc2ccc(B(O)O)cc2)c2cc(OC)ccc12. The van der Waals surface area contributed by atoms with Gasteiger partial charge in [0.1, 0.15) is 24.4 Å². The molecule has 4 aromatic rings. The second-order valence-electron chi connectivity index (χ2n) is 12.4. The van der Waals surface area contributed by atoms with E-state index in [1.165, 1.54) is 17.5 Å². The number of methoxy groups -OCH3 is 1. The Morgan fingerprint density at radius 2 is 1.79 bits per heavy atom. The van der Waals surface area contributed by atoms with Gasteiger partial charge in [-0.1, -0.05) is 60.2 Å². The van der Waals surface area contributed by atoms with Crippen LogP contribution in [0.2, 0.25) is 0 Å². The molecule has 0 spiro atoms. The van der Waals surface area contributed by atoms with Crippen LogP contribution in [-0.4, -0.2) is 53.0 Å². The van der Waals surface area contributed by atoms with E-state index in [1.54, 1.807) is 19.2 Å². The van der Waals surface area contributed by atoms with Crippen molar-refractivity contribution in [3.05, 3.63) is 114 Å². The molecule has 3 aliphatic heterocycles. The molecule has 216 valence electrons. The van der Waals surface area contributed by atoms with E-state index >= 15 is 0 Å². The van der Waals surface area contributed by atoms with Gasteiger partial charge >= 0.3 is 7.12 Å². The number of aromatic nitrogens is 1. The molecule has 7 heteroatoms. The summed E-state index contributed by atoms with van der Waals surface area (Å²) in [6.07, 6.45) is 5.75. The van der Waals surface area contributed by atoms with Crippen LogP contribution in [-0.2, 0) is 13.1 Å². The van der Waals surface area contributed by atoms with Gasteiger partial charge < -0.3 is 24.4 Å². The van der Waals surface area contributed by atoms with Crippen molar-refractivity contribution in [3.63, 3.8) is 0 Å². The molecule has 3 N–H and O–H groups in total. The van der Waals surface area contributed by atoms with Crippen LogP contribution in [0.4, 0.5) is 0 Å². The highest BCUT2D eigenvalue weighted by Crippen LogP contribution is 2.48. The summed E-state index contributed by atoms with van der Waals surface area (Å²) in [4.78, 5) is 0. The van der Waals surface area contributed by atoms with E-state index in [0.717, 1.165) is 58.3 Å². The molecule has 0 saturated carbocycles. The van der Waals surface area contributed by atoms with Gasteiger partial charge in [-0.25, -0.2) is 0 Å². The number of piperidine rings is 3. The van der Waals surface area contributed by atoms with Crippen molar-refractivity contribution >= 4 is 23.5 Å². The van der Waals surface area contributed by atoms with Crippen molar-refractivity contribution in [3.8, 4) is 5.75 Å². The lowest BCUT2D eigenvalue weighted by atomic mass is 9.71. The van der Waals surface area contributed by atoms with Crippen LogP contribution in [0.25, 0.3) is 10.9 Å². The second kappa shape index (κ2) is 11.7. The molecule has 3 aliphatic rings. The number of aliphatic hydroxyl groups is 1. The molecule has 5 atom stereocenters. The molecular formula is C35H41BN2O4+2. The molecule has 3 saturated heterocycles. The lowest BCUT2D eigenvalue weighted by Gasteiger charge is -2.58. The Kier molecular flexibility index (Phi) is 7.94. The standard InChI is InChI=1S/C35H41BN2O4/c1-4-27-23-38(22-26-7-5-24(2)6-8-26)18-16-28(27)19-34(38)35(39)32-15-17-37(33-20-30(42-3)13-14-31(32)33)21-25-9-11-29(12-10-25)36(40)41/h4-15,17,20,27-28,34-35,39-41H,1,16,18-19,21-23H2,2-3H3/q+2. The van der Waals surface area contributed by atoms with Crippen LogP contribution in [0.1, 0.15) is 41.2 Å². The molecule has 5 unspecified atom stereocenters. The Hall–Kier alpha value is -3.49. The lowest BCUT2D eigenvalue weighted by molar-refractivity contribution is -0.984. The Morgan fingerprint density at radius 3 is 2.48 bits per heavy atom. The summed E-state index contributed by atoms with van der Waals surface area (Å²) in [7, 11) is 0.187. The number of ether oxygens (including phenoxy) is 1. The number of quaternary nitrogens is 1. The Labute approximate surface area is 248 Å². The third-order valence-electron chi connectivity index (χ3n) is 9.87. The smallest absolute Gasteiger partial charge is 0.488 e. The quantitative estimate of drug-likeness (QED) is 0.125. The minimum Gasteiger partial charge on any atom is -0.497 e. The number of hydrogen-bond acceptors (Lipinski definition) is 4. The van der Waals surface area contributed by atoms with E-state index in [4.69, 9.17) is 4.74 Å². The molecule has 1 aromatic heterocycles. The summed E-state index contributed by atoms with van der Waals surface area (Å²) in [6, 6.07) is 24.4. The summed E-state index contributed by atoms with van der Waals surface area (Å²) in [6.45, 7) is 9.91. The number of rotatable bonds is 9. The zero-order valence-electron chi connectivity index (χ0n) is 24.6. The fourth-order valence-electron chi connectivity index (χ4n) is 7.49. The van der Waals surface area contributed by atoms with Crippen LogP contribution in [0, 0.1) is 18.8 Å². The fourth-order valence-corrected chi connectivity index (χ4v) is 7.49. The van der Waals surface area contributed by atoms with Gasteiger partial charge in [-0.3, -0.25) is 0 Å². The molecular weight excluding hydrogens is 523 g/mol. The highest BCUT2D eigenvalue weighted by molar-refractivity contribution is 6.58. The highest BCUT2D eigenvalue weighted by atomic mass is 16.5. The number of hydrogen-bond donors (Lipinski definition) is 3. The first kappa shape index (κ1) is 28.6. The van der Waals surface area contributed by atoms with Crippen LogP contribution in [0.5, 0.6) is 5.75 Å². The fraction of sp³-hybridized carbons (Fsp3) is 0.343. The zero-order valence-corrected chi connectivity index (χ0v) is 24.6. The van der Waals surface area contributed by atoms with Crippen LogP contribution in [0.3, 0.4) is 0 Å². The molecule has 6 nitrogen and oxygen atoms in total. The van der Waals surface area contributed by atoms with E-state index in [-0.39, 0.29) is 6.04 Å². The van der Waals surface area contributed by atoms with E-state index in [1.807, 2.05) is 24.3 Å². The van der Waals surface area contributed by atoms with Crippen molar-refractivity contribution < 1.29 is 28.9 Å². The Balaban J connectivity index is 1.38. The maximum atomic E-state index is 12.3. The molecule has 42 heavy (non-hydrogen) atoms. The lowest BCUT2D eigenvalue weighted by Crippen LogP contribution is -2.67. The topological polar surface area (TPSA) is 73.8 Å². The molecule has 0 aliphatic carbocycles. The van der Waals surface area contributed by atoms with Gasteiger partial charge in [-0.05, 0) is 30.4 Å². The summed E-state index contributed by atoms with van der Waals surface area (Å²) < 4.78 is 8.64. The predicted octanol–water partition coefficient (Wildman–Crippen LogP) is 3.82. The zero-order chi connectivity index (χ0) is 29.4. The van der Waals surface area contributed by atoms with Crippen LogP contribution < -0.4 is 14.8 Å². The van der Waals surface area contributed by atoms with Gasteiger partial charge in [0.05, 0.1) is 31.7 Å². The molecule has 7 rings (SSSR count). The summed E-state index contributed by atoms with van der Waals surface area (Å²) in [5.74, 6) is 1.80. The number of benzene rings is 3. The molecule has 3 fully saturated rings. The number of aryl methyl sites for hydroxylation is 1. The minimum absolute atomic E-state index is 0.0971. The first-order chi connectivity index (χ1) is 20.3. The maximum Gasteiger partial charge on any atom is 0.488 e. The second-order valence-corrected chi connectivity index (χ2v) is 12.4. The number of pyridine rings is 1. The van der Waals surface area contributed by atoms with Crippen molar-refractivity contribution in [2.45, 2.75) is 45.0 Å². The van der Waals surface area contributed by atoms with Gasteiger partial charge in [0.15, 0.2) is 12.7 Å². The summed E-state index contributed by atoms with van der Waals surface area (Å²) in [5, 5.41) is 32.2.